The Balaban J connectivity index is 0.000000465. The normalized spacial score (nSPS) is 12.4. The van der Waals surface area contributed by atoms with Crippen LogP contribution in [0.2, 0.25) is 0 Å². The summed E-state index contributed by atoms with van der Waals surface area (Å²) in [5.74, 6) is -0.981. The molecule has 1 unspecified atom stereocenters. The summed E-state index contributed by atoms with van der Waals surface area (Å²) in [7, 11) is -3.67. The zero-order valence-electron chi connectivity index (χ0n) is 14.5. The van der Waals surface area contributed by atoms with Crippen molar-refractivity contribution in [2.75, 3.05) is 18.1 Å². The number of nitrogens with one attached hydrogen (secondary N) is 2. The van der Waals surface area contributed by atoms with Gasteiger partial charge < -0.3 is 21.1 Å². The van der Waals surface area contributed by atoms with E-state index in [0.29, 0.717) is 24.0 Å². The zero-order chi connectivity index (χ0) is 20.4. The summed E-state index contributed by atoms with van der Waals surface area (Å²) in [6, 6.07) is 6.66. The first-order valence-corrected chi connectivity index (χ1v) is 10.4. The van der Waals surface area contributed by atoms with Crippen LogP contribution >= 0.6 is 11.3 Å². The summed E-state index contributed by atoms with van der Waals surface area (Å²) in [6.45, 7) is 2.31. The van der Waals surface area contributed by atoms with E-state index in [9.17, 15) is 23.1 Å². The summed E-state index contributed by atoms with van der Waals surface area (Å²) in [5.41, 5.74) is 6.81. The van der Waals surface area contributed by atoms with Gasteiger partial charge >= 0.3 is 5.97 Å². The van der Waals surface area contributed by atoms with E-state index in [1.807, 2.05) is 13.0 Å². The van der Waals surface area contributed by atoms with Gasteiger partial charge in [-0.15, -0.1) is 11.3 Å². The van der Waals surface area contributed by atoms with E-state index in [1.54, 1.807) is 12.1 Å². The zero-order valence-corrected chi connectivity index (χ0v) is 16.1. The van der Waals surface area contributed by atoms with Crippen LogP contribution < -0.4 is 16.6 Å². The largest absolute Gasteiger partial charge is 0.477 e. The highest BCUT2D eigenvalue weighted by atomic mass is 32.2. The number of carboxylic acids is 1. The number of aromatic nitrogens is 1. The number of aromatic carboxylic acids is 1. The van der Waals surface area contributed by atoms with Gasteiger partial charge in [-0.25, -0.2) is 4.79 Å². The average Bonchev–Trinajstić information content (AvgIpc) is 2.90. The molecule has 0 bridgehead atoms. The number of hydrogen-bond acceptors (Lipinski definition) is 7. The predicted molar refractivity (Wildman–Crippen MR) is 107 cm³/mol. The molecule has 1 atom stereocenters. The number of thiophene rings is 1. The van der Waals surface area contributed by atoms with Crippen molar-refractivity contribution in [1.82, 2.24) is 4.98 Å². The standard InChI is InChI=1S/C15H15N3O3S.CH4O3S/c1-7(16)6-17-13-12-8-2-5-11(19)18-9(8)3-4-10(12)22-14(13)15(20)21;1-5(2,3)4/h2-5,7,17H,6,16H2,1H3,(H,18,19)(H,20,21);1H3,(H,2,3,4). The number of hydrogen-bond donors (Lipinski definition) is 5. The molecule has 9 nitrogen and oxygen atoms in total. The fourth-order valence-corrected chi connectivity index (χ4v) is 3.45. The number of H-pyrrole nitrogens is 1. The number of carboxylic acid groups (broad SMARTS) is 1. The second-order valence-electron chi connectivity index (χ2n) is 5.93. The molecule has 0 saturated carbocycles. The van der Waals surface area contributed by atoms with Crippen LogP contribution in [0.4, 0.5) is 5.69 Å². The number of benzene rings is 1. The van der Waals surface area contributed by atoms with Crippen LogP contribution in [-0.2, 0) is 10.1 Å². The van der Waals surface area contributed by atoms with E-state index >= 15 is 0 Å². The molecule has 1 aromatic carbocycles. The van der Waals surface area contributed by atoms with Gasteiger partial charge in [-0.2, -0.15) is 8.42 Å². The van der Waals surface area contributed by atoms with E-state index < -0.39 is 16.1 Å². The second kappa shape index (κ2) is 8.05. The Morgan fingerprint density at radius 2 is 1.96 bits per heavy atom. The highest BCUT2D eigenvalue weighted by Gasteiger charge is 2.19. The van der Waals surface area contributed by atoms with E-state index in [-0.39, 0.29) is 16.5 Å². The van der Waals surface area contributed by atoms with Crippen molar-refractivity contribution in [2.24, 2.45) is 5.73 Å². The number of fused-ring (bicyclic) bond motifs is 3. The fraction of sp³-hybridized carbons (Fsp3) is 0.250. The molecule has 3 aromatic rings. The van der Waals surface area contributed by atoms with Crippen LogP contribution in [0.25, 0.3) is 21.0 Å². The molecule has 0 aliphatic carbocycles. The SMILES string of the molecule is CC(N)CNc1c(C(=O)O)sc2ccc3[nH]c(=O)ccc3c12.CS(=O)(=O)O. The van der Waals surface area contributed by atoms with Crippen molar-refractivity contribution >= 4 is 54.1 Å². The number of carbonyl (C=O) groups is 1. The highest BCUT2D eigenvalue weighted by Crippen LogP contribution is 2.39. The van der Waals surface area contributed by atoms with E-state index in [1.165, 1.54) is 17.4 Å². The summed E-state index contributed by atoms with van der Waals surface area (Å²) < 4.78 is 26.7. The van der Waals surface area contributed by atoms with Gasteiger partial charge in [0.25, 0.3) is 10.1 Å². The van der Waals surface area contributed by atoms with Gasteiger partial charge in [0.05, 0.1) is 11.9 Å². The first-order valence-electron chi connectivity index (χ1n) is 7.71. The topological polar surface area (TPSA) is 163 Å². The number of nitrogens with two attached hydrogens (primary N) is 1. The van der Waals surface area contributed by atoms with Gasteiger partial charge in [-0.1, -0.05) is 0 Å². The molecule has 6 N–H and O–H groups in total. The van der Waals surface area contributed by atoms with Crippen molar-refractivity contribution < 1.29 is 22.9 Å². The molecular weight excluding hydrogens is 394 g/mol. The molecule has 0 aliphatic rings. The lowest BCUT2D eigenvalue weighted by molar-refractivity contribution is 0.0703. The van der Waals surface area contributed by atoms with Crippen LogP contribution in [0.5, 0.6) is 0 Å². The van der Waals surface area contributed by atoms with Crippen LogP contribution in [0.3, 0.4) is 0 Å². The lowest BCUT2D eigenvalue weighted by atomic mass is 10.1. The van der Waals surface area contributed by atoms with Crippen LogP contribution in [0.1, 0.15) is 16.6 Å². The van der Waals surface area contributed by atoms with Crippen molar-refractivity contribution in [3.8, 4) is 0 Å². The molecule has 0 radical (unpaired) electrons. The minimum atomic E-state index is -3.67. The van der Waals surface area contributed by atoms with Gasteiger partial charge in [0, 0.05) is 39.6 Å². The minimum Gasteiger partial charge on any atom is -0.477 e. The molecule has 0 spiro atoms. The molecular formula is C16H19N3O6S2. The molecule has 2 aromatic heterocycles. The Labute approximate surface area is 158 Å². The highest BCUT2D eigenvalue weighted by molar-refractivity contribution is 7.85. The van der Waals surface area contributed by atoms with E-state index in [2.05, 4.69) is 10.3 Å². The molecule has 27 heavy (non-hydrogen) atoms. The Morgan fingerprint density at radius 3 is 2.52 bits per heavy atom. The van der Waals surface area contributed by atoms with Crippen LogP contribution in [-0.4, -0.2) is 47.9 Å². The molecule has 3 rings (SSSR count). The monoisotopic (exact) mass is 413 g/mol. The van der Waals surface area contributed by atoms with Gasteiger partial charge in [0.15, 0.2) is 0 Å². The van der Waals surface area contributed by atoms with Crippen molar-refractivity contribution in [1.29, 1.82) is 0 Å². The number of rotatable bonds is 4. The van der Waals surface area contributed by atoms with Crippen LogP contribution in [0.15, 0.2) is 29.1 Å². The predicted octanol–water partition coefficient (Wildman–Crippen LogP) is 1.70. The van der Waals surface area contributed by atoms with E-state index in [4.69, 9.17) is 10.3 Å². The number of anilines is 1. The third kappa shape index (κ3) is 5.50. The maximum absolute atomic E-state index is 11.5. The Bertz CT molecular complexity index is 1140. The maximum atomic E-state index is 11.5. The molecule has 0 amide bonds. The third-order valence-electron chi connectivity index (χ3n) is 3.35. The summed E-state index contributed by atoms with van der Waals surface area (Å²) in [5, 5.41) is 14.2. The molecule has 0 saturated heterocycles. The Morgan fingerprint density at radius 1 is 1.33 bits per heavy atom. The third-order valence-corrected chi connectivity index (χ3v) is 4.49. The summed E-state index contributed by atoms with van der Waals surface area (Å²) >= 11 is 1.21. The van der Waals surface area contributed by atoms with E-state index in [0.717, 1.165) is 15.5 Å². The summed E-state index contributed by atoms with van der Waals surface area (Å²) in [4.78, 5) is 26.0. The van der Waals surface area contributed by atoms with Crippen molar-refractivity contribution in [3.05, 3.63) is 39.5 Å². The maximum Gasteiger partial charge on any atom is 0.348 e. The lowest BCUT2D eigenvalue weighted by Gasteiger charge is -2.10. The molecule has 0 fully saturated rings. The smallest absolute Gasteiger partial charge is 0.348 e. The summed E-state index contributed by atoms with van der Waals surface area (Å²) in [6.07, 6.45) is 0.715. The average molecular weight is 413 g/mol. The number of aromatic amines is 1. The van der Waals surface area contributed by atoms with Gasteiger partial charge in [-0.05, 0) is 25.1 Å². The van der Waals surface area contributed by atoms with Crippen molar-refractivity contribution in [3.63, 3.8) is 0 Å². The first kappa shape index (κ1) is 20.8. The number of pyridine rings is 1. The molecule has 2 heterocycles. The van der Waals surface area contributed by atoms with Gasteiger partial charge in [0.1, 0.15) is 4.88 Å². The molecule has 146 valence electrons. The molecule has 0 aliphatic heterocycles. The fourth-order valence-electron chi connectivity index (χ4n) is 2.41. The first-order chi connectivity index (χ1) is 12.5. The minimum absolute atomic E-state index is 0.105. The van der Waals surface area contributed by atoms with Gasteiger partial charge in [-0.3, -0.25) is 9.35 Å². The second-order valence-corrected chi connectivity index (χ2v) is 8.44. The quantitative estimate of drug-likeness (QED) is 0.404. The Kier molecular flexibility index (Phi) is 6.21. The van der Waals surface area contributed by atoms with Crippen molar-refractivity contribution in [2.45, 2.75) is 13.0 Å². The Hall–Kier alpha value is -2.47. The van der Waals surface area contributed by atoms with Crippen LogP contribution in [0, 0.1) is 0 Å². The van der Waals surface area contributed by atoms with Gasteiger partial charge in [0.2, 0.25) is 5.56 Å². The molecule has 11 heteroatoms. The lowest BCUT2D eigenvalue weighted by Crippen LogP contribution is -2.25.